The number of nitrogens with zero attached hydrogens (tertiary/aromatic N) is 2. The van der Waals surface area contributed by atoms with Crippen molar-refractivity contribution < 1.29 is 9.26 Å². The minimum Gasteiger partial charge on any atom is -0.497 e. The van der Waals surface area contributed by atoms with E-state index in [0.717, 1.165) is 28.1 Å². The number of H-pyrrole nitrogens is 1. The molecule has 0 fully saturated rings. The number of nitrogens with one attached hydrogen (secondary N) is 1. The maximum absolute atomic E-state index is 5.94. The number of ether oxygens (including phenoxy) is 1. The van der Waals surface area contributed by atoms with Crippen LogP contribution >= 0.6 is 0 Å². The van der Waals surface area contributed by atoms with Crippen LogP contribution in [0.4, 0.5) is 5.82 Å². The molecule has 0 amide bonds. The Bertz CT molecular complexity index is 745. The Kier molecular flexibility index (Phi) is 2.90. The van der Waals surface area contributed by atoms with E-state index in [-0.39, 0.29) is 0 Å². The number of rotatable bonds is 3. The van der Waals surface area contributed by atoms with Gasteiger partial charge in [0, 0.05) is 5.69 Å². The normalized spacial score (nSPS) is 10.7. The molecule has 1 aromatic carbocycles. The zero-order chi connectivity index (χ0) is 14.1. The largest absolute Gasteiger partial charge is 0.497 e. The number of aryl methyl sites for hydroxylation is 1. The van der Waals surface area contributed by atoms with E-state index in [2.05, 4.69) is 15.4 Å². The van der Waals surface area contributed by atoms with Gasteiger partial charge in [0.25, 0.3) is 0 Å². The van der Waals surface area contributed by atoms with Gasteiger partial charge in [-0.15, -0.1) is 0 Å². The fourth-order valence-corrected chi connectivity index (χ4v) is 2.12. The molecule has 2 heterocycles. The molecule has 6 heteroatoms. The third-order valence-corrected chi connectivity index (χ3v) is 3.15. The predicted molar refractivity (Wildman–Crippen MR) is 75.2 cm³/mol. The molecule has 0 aliphatic heterocycles. The standard InChI is InChI=1S/C14H14N4O2/c1-8-11(7-16-17-8)13-12(14(15)18-20-13)9-4-3-5-10(6-9)19-2/h3-7H,1-2H3,(H2,15,18)(H,16,17). The number of nitrogen functional groups attached to an aromatic ring is 1. The lowest BCUT2D eigenvalue weighted by molar-refractivity contribution is 0.415. The summed E-state index contributed by atoms with van der Waals surface area (Å²) in [7, 11) is 1.62. The highest BCUT2D eigenvalue weighted by atomic mass is 16.5. The summed E-state index contributed by atoms with van der Waals surface area (Å²) in [5.74, 6) is 1.69. The molecular weight excluding hydrogens is 256 g/mol. The van der Waals surface area contributed by atoms with Gasteiger partial charge >= 0.3 is 0 Å². The van der Waals surface area contributed by atoms with Crippen LogP contribution in [-0.4, -0.2) is 22.5 Å². The Morgan fingerprint density at radius 2 is 2.20 bits per heavy atom. The Labute approximate surface area is 115 Å². The van der Waals surface area contributed by atoms with Crippen molar-refractivity contribution in [3.63, 3.8) is 0 Å². The van der Waals surface area contributed by atoms with Crippen molar-refractivity contribution in [2.75, 3.05) is 12.8 Å². The van der Waals surface area contributed by atoms with Crippen LogP contribution in [0, 0.1) is 6.92 Å². The first-order valence-corrected chi connectivity index (χ1v) is 6.10. The van der Waals surface area contributed by atoms with Crippen LogP contribution in [0.15, 0.2) is 35.0 Å². The van der Waals surface area contributed by atoms with Crippen LogP contribution < -0.4 is 10.5 Å². The molecule has 2 aromatic heterocycles. The number of hydrogen-bond donors (Lipinski definition) is 2. The van der Waals surface area contributed by atoms with Gasteiger partial charge < -0.3 is 15.0 Å². The van der Waals surface area contributed by atoms with Gasteiger partial charge in [0.15, 0.2) is 11.6 Å². The van der Waals surface area contributed by atoms with Gasteiger partial charge in [0.1, 0.15) is 5.75 Å². The predicted octanol–water partition coefficient (Wildman–Crippen LogP) is 2.63. The summed E-state index contributed by atoms with van der Waals surface area (Å²) in [5.41, 5.74) is 9.31. The van der Waals surface area contributed by atoms with Crippen LogP contribution in [0.3, 0.4) is 0 Å². The SMILES string of the molecule is COc1cccc(-c2c(N)noc2-c2cn[nH]c2C)c1. The fraction of sp³-hybridized carbons (Fsp3) is 0.143. The van der Waals surface area contributed by atoms with E-state index >= 15 is 0 Å². The van der Waals surface area contributed by atoms with Crippen LogP contribution in [0.2, 0.25) is 0 Å². The maximum atomic E-state index is 5.94. The molecular formula is C14H14N4O2. The van der Waals surface area contributed by atoms with E-state index in [1.165, 1.54) is 0 Å². The quantitative estimate of drug-likeness (QED) is 0.763. The van der Waals surface area contributed by atoms with E-state index in [1.54, 1.807) is 13.3 Å². The third-order valence-electron chi connectivity index (χ3n) is 3.15. The molecule has 0 atom stereocenters. The van der Waals surface area contributed by atoms with Gasteiger partial charge in [-0.25, -0.2) is 0 Å². The van der Waals surface area contributed by atoms with E-state index in [4.69, 9.17) is 15.0 Å². The minimum absolute atomic E-state index is 0.342. The Balaban J connectivity index is 2.19. The molecule has 0 spiro atoms. The van der Waals surface area contributed by atoms with Gasteiger partial charge in [-0.3, -0.25) is 5.10 Å². The fourth-order valence-electron chi connectivity index (χ4n) is 2.12. The minimum atomic E-state index is 0.342. The summed E-state index contributed by atoms with van der Waals surface area (Å²) < 4.78 is 10.6. The Morgan fingerprint density at radius 1 is 1.35 bits per heavy atom. The highest BCUT2D eigenvalue weighted by molar-refractivity contribution is 5.87. The second kappa shape index (κ2) is 4.73. The van der Waals surface area contributed by atoms with Crippen LogP contribution in [-0.2, 0) is 0 Å². The zero-order valence-corrected chi connectivity index (χ0v) is 11.2. The highest BCUT2D eigenvalue weighted by Crippen LogP contribution is 2.38. The summed E-state index contributed by atoms with van der Waals surface area (Å²) >= 11 is 0. The van der Waals surface area contributed by atoms with E-state index in [9.17, 15) is 0 Å². The number of methoxy groups -OCH3 is 1. The monoisotopic (exact) mass is 270 g/mol. The van der Waals surface area contributed by atoms with Crippen LogP contribution in [0.1, 0.15) is 5.69 Å². The number of aromatic nitrogens is 3. The molecule has 6 nitrogen and oxygen atoms in total. The number of aromatic amines is 1. The average Bonchev–Trinajstić information content (AvgIpc) is 3.04. The molecule has 3 rings (SSSR count). The average molecular weight is 270 g/mol. The van der Waals surface area contributed by atoms with E-state index in [1.807, 2.05) is 31.2 Å². The van der Waals surface area contributed by atoms with Gasteiger partial charge in [0.2, 0.25) is 0 Å². The first-order chi connectivity index (χ1) is 9.70. The second-order valence-corrected chi connectivity index (χ2v) is 4.41. The summed E-state index contributed by atoms with van der Waals surface area (Å²) in [4.78, 5) is 0. The summed E-state index contributed by atoms with van der Waals surface area (Å²) in [6, 6.07) is 7.59. The summed E-state index contributed by atoms with van der Waals surface area (Å²) in [6.45, 7) is 1.91. The first-order valence-electron chi connectivity index (χ1n) is 6.10. The lowest BCUT2D eigenvalue weighted by Crippen LogP contribution is -1.90. The van der Waals surface area contributed by atoms with Gasteiger partial charge in [-0.1, -0.05) is 17.3 Å². The lowest BCUT2D eigenvalue weighted by Gasteiger charge is -2.04. The molecule has 3 N–H and O–H groups in total. The van der Waals surface area contributed by atoms with E-state index in [0.29, 0.717) is 11.6 Å². The molecule has 3 aromatic rings. The molecule has 0 bridgehead atoms. The zero-order valence-electron chi connectivity index (χ0n) is 11.2. The number of nitrogens with two attached hydrogens (primary N) is 1. The number of hydrogen-bond acceptors (Lipinski definition) is 5. The lowest BCUT2D eigenvalue weighted by atomic mass is 10.0. The van der Waals surface area contributed by atoms with Crippen molar-refractivity contribution in [2.45, 2.75) is 6.92 Å². The van der Waals surface area contributed by atoms with Crippen molar-refractivity contribution in [2.24, 2.45) is 0 Å². The molecule has 20 heavy (non-hydrogen) atoms. The van der Waals surface area contributed by atoms with E-state index < -0.39 is 0 Å². The second-order valence-electron chi connectivity index (χ2n) is 4.41. The maximum Gasteiger partial charge on any atom is 0.180 e. The first kappa shape index (κ1) is 12.3. The topological polar surface area (TPSA) is 90.0 Å². The van der Waals surface area contributed by atoms with Gasteiger partial charge in [-0.05, 0) is 24.6 Å². The highest BCUT2D eigenvalue weighted by Gasteiger charge is 2.20. The molecule has 0 radical (unpaired) electrons. The Morgan fingerprint density at radius 3 is 2.90 bits per heavy atom. The van der Waals surface area contributed by atoms with Gasteiger partial charge in [0.05, 0.1) is 24.4 Å². The molecule has 102 valence electrons. The smallest absolute Gasteiger partial charge is 0.180 e. The molecule has 0 saturated carbocycles. The Hall–Kier alpha value is -2.76. The van der Waals surface area contributed by atoms with Crippen LogP contribution in [0.5, 0.6) is 5.75 Å². The molecule has 0 aliphatic rings. The van der Waals surface area contributed by atoms with Crippen molar-refractivity contribution in [3.8, 4) is 28.2 Å². The van der Waals surface area contributed by atoms with Crippen molar-refractivity contribution in [1.29, 1.82) is 0 Å². The van der Waals surface area contributed by atoms with Crippen molar-refractivity contribution in [1.82, 2.24) is 15.4 Å². The number of anilines is 1. The van der Waals surface area contributed by atoms with Crippen molar-refractivity contribution in [3.05, 3.63) is 36.2 Å². The van der Waals surface area contributed by atoms with Crippen LogP contribution in [0.25, 0.3) is 22.5 Å². The molecule has 0 unspecified atom stereocenters. The molecule has 0 aliphatic carbocycles. The van der Waals surface area contributed by atoms with Crippen molar-refractivity contribution >= 4 is 5.82 Å². The molecule has 0 saturated heterocycles. The summed E-state index contributed by atoms with van der Waals surface area (Å²) in [6.07, 6.45) is 1.69. The number of benzene rings is 1. The summed E-state index contributed by atoms with van der Waals surface area (Å²) in [5, 5.41) is 10.7. The third kappa shape index (κ3) is 1.91. The van der Waals surface area contributed by atoms with Gasteiger partial charge in [-0.2, -0.15) is 5.10 Å².